The van der Waals surface area contributed by atoms with Gasteiger partial charge < -0.3 is 61.9 Å². The van der Waals surface area contributed by atoms with Gasteiger partial charge in [-0.3, -0.25) is 0 Å². The van der Waals surface area contributed by atoms with Crippen LogP contribution in [0.1, 0.15) is 20.3 Å². The first kappa shape index (κ1) is 41.5. The molecule has 0 saturated heterocycles. The van der Waals surface area contributed by atoms with Crippen LogP contribution in [0.2, 0.25) is 0 Å². The van der Waals surface area contributed by atoms with Gasteiger partial charge in [-0.15, -0.1) is 0 Å². The lowest BCUT2D eigenvalue weighted by Gasteiger charge is -2.10. The third-order valence-corrected chi connectivity index (χ3v) is 5.43. The van der Waals surface area contributed by atoms with Gasteiger partial charge in [0, 0.05) is 6.61 Å². The Morgan fingerprint density at radius 3 is 0.714 bits per heavy atom. The smallest absolute Gasteiger partial charge is 0.0701 e. The van der Waals surface area contributed by atoms with E-state index in [1.807, 2.05) is 0 Å². The summed E-state index contributed by atoms with van der Waals surface area (Å²) in [4.78, 5) is 0. The summed E-state index contributed by atoms with van der Waals surface area (Å²) in [6.45, 7) is 17.0. The second kappa shape index (κ2) is 38.5. The van der Waals surface area contributed by atoms with E-state index in [1.165, 1.54) is 0 Å². The molecule has 0 aromatic rings. The highest BCUT2D eigenvalue weighted by molar-refractivity contribution is 4.46. The molecule has 0 aliphatic rings. The molecule has 1 N–H and O–H groups in total. The molecule has 13 nitrogen and oxygen atoms in total. The molecule has 0 aliphatic carbocycles. The molecule has 1 unspecified atom stereocenters. The molecule has 13 heteroatoms. The van der Waals surface area contributed by atoms with E-state index in [0.717, 1.165) is 13.0 Å². The van der Waals surface area contributed by atoms with Crippen LogP contribution in [0.15, 0.2) is 0 Å². The number of ether oxygens (including phenoxy) is 12. The quantitative estimate of drug-likeness (QED) is 0.0999. The van der Waals surface area contributed by atoms with Gasteiger partial charge in [0.25, 0.3) is 0 Å². The van der Waals surface area contributed by atoms with E-state index in [4.69, 9.17) is 61.9 Å². The molecule has 0 amide bonds. The average molecular weight is 617 g/mol. The summed E-state index contributed by atoms with van der Waals surface area (Å²) in [6.07, 6.45) is 1.13. The molecule has 0 fully saturated rings. The molecule has 0 aromatic heterocycles. The Balaban J connectivity index is 3.04. The van der Waals surface area contributed by atoms with Gasteiger partial charge in [0.2, 0.25) is 0 Å². The molecule has 0 spiro atoms. The Morgan fingerprint density at radius 1 is 0.333 bits per heavy atom. The molecule has 42 heavy (non-hydrogen) atoms. The van der Waals surface area contributed by atoms with E-state index in [2.05, 4.69) is 13.8 Å². The van der Waals surface area contributed by atoms with Crippen molar-refractivity contribution in [2.75, 3.05) is 165 Å². The minimum Gasteiger partial charge on any atom is -0.394 e. The van der Waals surface area contributed by atoms with Crippen LogP contribution in [-0.4, -0.2) is 170 Å². The Kier molecular flexibility index (Phi) is 38.0. The van der Waals surface area contributed by atoms with Crippen molar-refractivity contribution in [3.63, 3.8) is 0 Å². The molecule has 0 aromatic carbocycles. The summed E-state index contributed by atoms with van der Waals surface area (Å²) >= 11 is 0. The van der Waals surface area contributed by atoms with E-state index in [-0.39, 0.29) is 6.61 Å². The van der Waals surface area contributed by atoms with E-state index in [9.17, 15) is 0 Å². The number of aliphatic hydroxyl groups is 1. The second-order valence-corrected chi connectivity index (χ2v) is 9.05. The van der Waals surface area contributed by atoms with Crippen molar-refractivity contribution in [3.8, 4) is 0 Å². The predicted octanol–water partition coefficient (Wildman–Crippen LogP) is 1.22. The number of aliphatic hydroxyl groups excluding tert-OH is 1. The Hall–Kier alpha value is -0.520. The van der Waals surface area contributed by atoms with Gasteiger partial charge in [0.05, 0.1) is 159 Å². The number of hydrogen-bond acceptors (Lipinski definition) is 13. The summed E-state index contributed by atoms with van der Waals surface area (Å²) in [5, 5.41) is 8.57. The van der Waals surface area contributed by atoms with Crippen molar-refractivity contribution < 1.29 is 61.9 Å². The van der Waals surface area contributed by atoms with Crippen molar-refractivity contribution in [3.05, 3.63) is 0 Å². The molecule has 0 saturated carbocycles. The first-order chi connectivity index (χ1) is 20.8. The van der Waals surface area contributed by atoms with E-state index < -0.39 is 0 Å². The highest BCUT2D eigenvalue weighted by Gasteiger charge is 1.99. The maximum absolute atomic E-state index is 8.57. The minimum absolute atomic E-state index is 0.0267. The van der Waals surface area contributed by atoms with Gasteiger partial charge in [-0.25, -0.2) is 0 Å². The van der Waals surface area contributed by atoms with Crippen molar-refractivity contribution in [1.29, 1.82) is 0 Å². The fourth-order valence-corrected chi connectivity index (χ4v) is 2.89. The highest BCUT2D eigenvalue weighted by atomic mass is 16.6. The van der Waals surface area contributed by atoms with Gasteiger partial charge in [-0.1, -0.05) is 20.3 Å². The minimum atomic E-state index is 0.0267. The Morgan fingerprint density at radius 2 is 0.524 bits per heavy atom. The van der Waals surface area contributed by atoms with E-state index in [1.54, 1.807) is 0 Å². The molecule has 0 rings (SSSR count). The fraction of sp³-hybridized carbons (Fsp3) is 1.00. The molecule has 1 atom stereocenters. The summed E-state index contributed by atoms with van der Waals surface area (Å²) in [7, 11) is 0. The summed E-state index contributed by atoms with van der Waals surface area (Å²) in [6, 6.07) is 0. The van der Waals surface area contributed by atoms with Crippen molar-refractivity contribution in [2.45, 2.75) is 20.3 Å². The molecule has 0 heterocycles. The molecule has 0 bridgehead atoms. The monoisotopic (exact) mass is 616 g/mol. The highest BCUT2D eigenvalue weighted by Crippen LogP contribution is 2.00. The summed E-state index contributed by atoms with van der Waals surface area (Å²) in [5.74, 6) is 0.597. The standard InChI is InChI=1S/C29H60O13/c1-3-29(2)28-42-27-26-41-25-24-40-23-22-39-21-20-38-19-18-37-17-16-36-15-14-35-13-12-34-11-10-33-9-8-32-7-6-31-5-4-30/h29-30H,3-28H2,1-2H3. The lowest BCUT2D eigenvalue weighted by Crippen LogP contribution is -2.15. The van der Waals surface area contributed by atoms with E-state index in [0.29, 0.717) is 158 Å². The van der Waals surface area contributed by atoms with Crippen LogP contribution in [0, 0.1) is 5.92 Å². The van der Waals surface area contributed by atoms with Crippen molar-refractivity contribution >= 4 is 0 Å². The Bertz CT molecular complexity index is 477. The fourth-order valence-electron chi connectivity index (χ4n) is 2.89. The number of rotatable bonds is 38. The van der Waals surface area contributed by atoms with Gasteiger partial charge in [0.15, 0.2) is 0 Å². The zero-order valence-electron chi connectivity index (χ0n) is 26.3. The molecular formula is C29H60O13. The van der Waals surface area contributed by atoms with Crippen LogP contribution in [0.3, 0.4) is 0 Å². The van der Waals surface area contributed by atoms with Crippen LogP contribution in [0.25, 0.3) is 0 Å². The van der Waals surface area contributed by atoms with Crippen LogP contribution in [0.5, 0.6) is 0 Å². The van der Waals surface area contributed by atoms with Crippen LogP contribution >= 0.6 is 0 Å². The van der Waals surface area contributed by atoms with Crippen LogP contribution in [-0.2, 0) is 56.8 Å². The van der Waals surface area contributed by atoms with E-state index >= 15 is 0 Å². The largest absolute Gasteiger partial charge is 0.394 e. The molecule has 254 valence electrons. The normalized spacial score (nSPS) is 12.4. The topological polar surface area (TPSA) is 131 Å². The van der Waals surface area contributed by atoms with Crippen LogP contribution in [0.4, 0.5) is 0 Å². The average Bonchev–Trinajstić information content (AvgIpc) is 3.00. The summed E-state index contributed by atoms with van der Waals surface area (Å²) in [5.41, 5.74) is 0. The van der Waals surface area contributed by atoms with Crippen LogP contribution < -0.4 is 0 Å². The van der Waals surface area contributed by atoms with Gasteiger partial charge in [-0.05, 0) is 5.92 Å². The zero-order chi connectivity index (χ0) is 30.4. The van der Waals surface area contributed by atoms with Gasteiger partial charge in [0.1, 0.15) is 0 Å². The second-order valence-electron chi connectivity index (χ2n) is 9.05. The summed E-state index contributed by atoms with van der Waals surface area (Å²) < 4.78 is 65.0. The first-order valence-corrected chi connectivity index (χ1v) is 15.3. The number of hydrogen-bond donors (Lipinski definition) is 1. The van der Waals surface area contributed by atoms with Gasteiger partial charge >= 0.3 is 0 Å². The predicted molar refractivity (Wildman–Crippen MR) is 156 cm³/mol. The third-order valence-electron chi connectivity index (χ3n) is 5.43. The van der Waals surface area contributed by atoms with Gasteiger partial charge in [-0.2, -0.15) is 0 Å². The maximum atomic E-state index is 8.57. The van der Waals surface area contributed by atoms with Crippen molar-refractivity contribution in [1.82, 2.24) is 0 Å². The third kappa shape index (κ3) is 37.5. The van der Waals surface area contributed by atoms with Crippen molar-refractivity contribution in [2.24, 2.45) is 5.92 Å². The lowest BCUT2D eigenvalue weighted by atomic mass is 10.1. The lowest BCUT2D eigenvalue weighted by molar-refractivity contribution is -0.0288. The zero-order valence-corrected chi connectivity index (χ0v) is 26.3. The molecule has 0 radical (unpaired) electrons. The Labute approximate surface area is 253 Å². The SMILES string of the molecule is CCC(C)COCCOCCOCCOCCOCCOCCOCCOCCOCCOCCOCCOCCO. The molecular weight excluding hydrogens is 556 g/mol. The molecule has 0 aliphatic heterocycles. The maximum Gasteiger partial charge on any atom is 0.0701 e. The first-order valence-electron chi connectivity index (χ1n) is 15.3.